The first-order valence-corrected chi connectivity index (χ1v) is 6.07. The lowest BCUT2D eigenvalue weighted by molar-refractivity contribution is 0.196. The number of nitrogens with zero attached hydrogens (tertiary/aromatic N) is 2. The smallest absolute Gasteiger partial charge is 0.214 e. The van der Waals surface area contributed by atoms with Crippen molar-refractivity contribution >= 4 is 0 Å². The number of hydrogen-bond donors (Lipinski definition) is 1. The van der Waals surface area contributed by atoms with E-state index in [2.05, 4.69) is 16.4 Å². The van der Waals surface area contributed by atoms with Crippen LogP contribution in [0.1, 0.15) is 18.4 Å². The van der Waals surface area contributed by atoms with Crippen LogP contribution in [0.5, 0.6) is 5.88 Å². The SMILES string of the molecule is N#Cc1ccnc(OCC2CC3CC2CN3)c1. The Kier molecular flexibility index (Phi) is 2.69. The fourth-order valence-corrected chi connectivity index (χ4v) is 2.90. The van der Waals surface area contributed by atoms with Crippen LogP contribution in [0.15, 0.2) is 18.3 Å². The molecule has 3 atom stereocenters. The van der Waals surface area contributed by atoms with Gasteiger partial charge in [-0.1, -0.05) is 0 Å². The Labute approximate surface area is 101 Å². The van der Waals surface area contributed by atoms with Gasteiger partial charge in [0.1, 0.15) is 0 Å². The summed E-state index contributed by atoms with van der Waals surface area (Å²) in [4.78, 5) is 4.12. The van der Waals surface area contributed by atoms with Crippen molar-refractivity contribution in [3.8, 4) is 11.9 Å². The Bertz CT molecular complexity index is 454. The van der Waals surface area contributed by atoms with Crippen LogP contribution in [0.25, 0.3) is 0 Å². The Morgan fingerprint density at radius 3 is 3.18 bits per heavy atom. The summed E-state index contributed by atoms with van der Waals surface area (Å²) in [6, 6.07) is 6.18. The topological polar surface area (TPSA) is 57.9 Å². The number of ether oxygens (including phenoxy) is 1. The Morgan fingerprint density at radius 2 is 2.47 bits per heavy atom. The minimum absolute atomic E-state index is 0.569. The first-order valence-electron chi connectivity index (χ1n) is 6.07. The predicted molar refractivity (Wildman–Crippen MR) is 62.5 cm³/mol. The maximum atomic E-state index is 8.79. The van der Waals surface area contributed by atoms with E-state index >= 15 is 0 Å². The second kappa shape index (κ2) is 4.34. The zero-order valence-electron chi connectivity index (χ0n) is 9.60. The number of hydrogen-bond acceptors (Lipinski definition) is 4. The van der Waals surface area contributed by atoms with E-state index in [1.807, 2.05) is 0 Å². The van der Waals surface area contributed by atoms with Crippen LogP contribution in [0, 0.1) is 23.2 Å². The second-order valence-corrected chi connectivity index (χ2v) is 4.90. The number of pyridine rings is 1. The fourth-order valence-electron chi connectivity index (χ4n) is 2.90. The maximum Gasteiger partial charge on any atom is 0.214 e. The molecule has 1 aromatic rings. The molecule has 2 aliphatic rings. The highest BCUT2D eigenvalue weighted by Crippen LogP contribution is 2.36. The Balaban J connectivity index is 1.59. The quantitative estimate of drug-likeness (QED) is 0.849. The van der Waals surface area contributed by atoms with Gasteiger partial charge in [-0.3, -0.25) is 0 Å². The Hall–Kier alpha value is -1.60. The second-order valence-electron chi connectivity index (χ2n) is 4.90. The molecule has 1 saturated carbocycles. The summed E-state index contributed by atoms with van der Waals surface area (Å²) in [5.74, 6) is 1.98. The summed E-state index contributed by atoms with van der Waals surface area (Å²) >= 11 is 0. The van der Waals surface area contributed by atoms with Gasteiger partial charge in [-0.15, -0.1) is 0 Å². The molecule has 1 N–H and O–H groups in total. The van der Waals surface area contributed by atoms with E-state index in [4.69, 9.17) is 10.00 Å². The van der Waals surface area contributed by atoms with Gasteiger partial charge in [0.25, 0.3) is 0 Å². The summed E-state index contributed by atoms with van der Waals surface area (Å²) in [6.07, 6.45) is 4.12. The van der Waals surface area contributed by atoms with Crippen LogP contribution in [0.2, 0.25) is 0 Å². The minimum atomic E-state index is 0.569. The molecule has 2 heterocycles. The monoisotopic (exact) mass is 229 g/mol. The van der Waals surface area contributed by atoms with Gasteiger partial charge in [0.15, 0.2) is 0 Å². The standard InChI is InChI=1S/C13H15N3O/c14-6-9-1-2-15-13(3-9)17-8-11-5-12-4-10(11)7-16-12/h1-3,10-12,16H,4-5,7-8H2. The summed E-state index contributed by atoms with van der Waals surface area (Å²) in [6.45, 7) is 1.86. The van der Waals surface area contributed by atoms with Gasteiger partial charge in [0.05, 0.1) is 18.2 Å². The van der Waals surface area contributed by atoms with E-state index in [0.29, 0.717) is 23.4 Å². The number of fused-ring (bicyclic) bond motifs is 2. The van der Waals surface area contributed by atoms with Gasteiger partial charge in [0.2, 0.25) is 5.88 Å². The van der Waals surface area contributed by atoms with Crippen LogP contribution in [0.4, 0.5) is 0 Å². The molecule has 1 aliphatic carbocycles. The minimum Gasteiger partial charge on any atom is -0.477 e. The molecule has 0 radical (unpaired) electrons. The van der Waals surface area contributed by atoms with E-state index in [1.165, 1.54) is 12.8 Å². The van der Waals surface area contributed by atoms with Gasteiger partial charge in [-0.05, 0) is 37.3 Å². The molecule has 0 spiro atoms. The largest absolute Gasteiger partial charge is 0.477 e. The molecule has 4 heteroatoms. The molecule has 1 aliphatic heterocycles. The van der Waals surface area contributed by atoms with Crippen molar-refractivity contribution in [2.45, 2.75) is 18.9 Å². The zero-order chi connectivity index (χ0) is 11.7. The third kappa shape index (κ3) is 2.11. The molecule has 4 nitrogen and oxygen atoms in total. The van der Waals surface area contributed by atoms with Crippen molar-refractivity contribution in [1.82, 2.24) is 10.3 Å². The van der Waals surface area contributed by atoms with Gasteiger partial charge >= 0.3 is 0 Å². The third-order valence-corrected chi connectivity index (χ3v) is 3.82. The molecule has 17 heavy (non-hydrogen) atoms. The van der Waals surface area contributed by atoms with Gasteiger partial charge in [-0.25, -0.2) is 4.98 Å². The maximum absolute atomic E-state index is 8.79. The molecule has 1 aromatic heterocycles. The lowest BCUT2D eigenvalue weighted by Crippen LogP contribution is -2.32. The molecular formula is C13H15N3O. The van der Waals surface area contributed by atoms with Crippen LogP contribution in [-0.2, 0) is 0 Å². The summed E-state index contributed by atoms with van der Waals surface area (Å²) in [5, 5.41) is 12.3. The highest BCUT2D eigenvalue weighted by atomic mass is 16.5. The zero-order valence-corrected chi connectivity index (χ0v) is 9.60. The molecule has 2 bridgehead atoms. The highest BCUT2D eigenvalue weighted by Gasteiger charge is 2.39. The van der Waals surface area contributed by atoms with Crippen LogP contribution >= 0.6 is 0 Å². The molecule has 2 fully saturated rings. The first-order chi connectivity index (χ1) is 8.35. The normalized spacial score (nSPS) is 30.2. The lowest BCUT2D eigenvalue weighted by Gasteiger charge is -2.22. The summed E-state index contributed by atoms with van der Waals surface area (Å²) < 4.78 is 5.70. The molecular weight excluding hydrogens is 214 g/mol. The van der Waals surface area contributed by atoms with Gasteiger partial charge in [-0.2, -0.15) is 5.26 Å². The lowest BCUT2D eigenvalue weighted by atomic mass is 9.96. The summed E-state index contributed by atoms with van der Waals surface area (Å²) in [5.41, 5.74) is 0.601. The molecule has 3 rings (SSSR count). The van der Waals surface area contributed by atoms with E-state index in [0.717, 1.165) is 19.1 Å². The fraction of sp³-hybridized carbons (Fsp3) is 0.538. The summed E-state index contributed by atoms with van der Waals surface area (Å²) in [7, 11) is 0. The Morgan fingerprint density at radius 1 is 1.53 bits per heavy atom. The molecule has 0 aromatic carbocycles. The molecule has 1 saturated heterocycles. The van der Waals surface area contributed by atoms with Gasteiger partial charge in [0, 0.05) is 18.3 Å². The average molecular weight is 229 g/mol. The van der Waals surface area contributed by atoms with Crippen molar-refractivity contribution in [3.63, 3.8) is 0 Å². The first kappa shape index (κ1) is 10.5. The van der Waals surface area contributed by atoms with Crippen molar-refractivity contribution in [1.29, 1.82) is 5.26 Å². The number of aromatic nitrogens is 1. The van der Waals surface area contributed by atoms with Crippen molar-refractivity contribution in [2.24, 2.45) is 11.8 Å². The number of nitriles is 1. The van der Waals surface area contributed by atoms with E-state index in [9.17, 15) is 0 Å². The van der Waals surface area contributed by atoms with Crippen LogP contribution < -0.4 is 10.1 Å². The van der Waals surface area contributed by atoms with Crippen LogP contribution in [-0.4, -0.2) is 24.2 Å². The van der Waals surface area contributed by atoms with E-state index in [1.54, 1.807) is 18.3 Å². The third-order valence-electron chi connectivity index (χ3n) is 3.82. The molecule has 88 valence electrons. The van der Waals surface area contributed by atoms with E-state index in [-0.39, 0.29) is 0 Å². The highest BCUT2D eigenvalue weighted by molar-refractivity contribution is 5.31. The van der Waals surface area contributed by atoms with Crippen molar-refractivity contribution in [3.05, 3.63) is 23.9 Å². The van der Waals surface area contributed by atoms with E-state index < -0.39 is 0 Å². The number of piperidine rings is 1. The predicted octanol–water partition coefficient (Wildman–Crippen LogP) is 1.33. The molecule has 3 unspecified atom stereocenters. The van der Waals surface area contributed by atoms with Crippen LogP contribution in [0.3, 0.4) is 0 Å². The number of rotatable bonds is 3. The molecule has 0 amide bonds. The van der Waals surface area contributed by atoms with Crippen molar-refractivity contribution < 1.29 is 4.74 Å². The average Bonchev–Trinajstić information content (AvgIpc) is 2.99. The number of nitrogens with one attached hydrogen (secondary N) is 1. The van der Waals surface area contributed by atoms with Crippen molar-refractivity contribution in [2.75, 3.05) is 13.2 Å². The van der Waals surface area contributed by atoms with Gasteiger partial charge < -0.3 is 10.1 Å².